The van der Waals surface area contributed by atoms with Crippen molar-refractivity contribution in [2.75, 3.05) is 38.8 Å². The summed E-state index contributed by atoms with van der Waals surface area (Å²) in [4.78, 5) is 16.8. The molecule has 5 nitrogen and oxygen atoms in total. The first kappa shape index (κ1) is 21.8. The van der Waals surface area contributed by atoms with E-state index in [0.717, 1.165) is 30.7 Å². The van der Waals surface area contributed by atoms with Crippen molar-refractivity contribution in [3.8, 4) is 5.75 Å². The molecule has 0 aromatic heterocycles. The molecule has 29 heavy (non-hydrogen) atoms. The van der Waals surface area contributed by atoms with E-state index in [9.17, 15) is 4.79 Å². The summed E-state index contributed by atoms with van der Waals surface area (Å²) in [5.41, 5.74) is 2.18. The highest BCUT2D eigenvalue weighted by atomic mass is 35.5. The largest absolute Gasteiger partial charge is 0.482 e. The Labute approximate surface area is 182 Å². The van der Waals surface area contributed by atoms with Gasteiger partial charge >= 0.3 is 0 Å². The van der Waals surface area contributed by atoms with Crippen LogP contribution in [0.25, 0.3) is 0 Å². The SMILES string of the molecule is CN(C)c1ccc(CN(C[C@H]2CCCO2)C(=O)COc2ccc(Cl)cc2Cl)cc1. The molecule has 0 bridgehead atoms. The summed E-state index contributed by atoms with van der Waals surface area (Å²) in [6.45, 7) is 1.71. The number of carbonyl (C=O) groups is 1. The fourth-order valence-corrected chi connectivity index (χ4v) is 3.69. The van der Waals surface area contributed by atoms with Gasteiger partial charge in [-0.15, -0.1) is 0 Å². The van der Waals surface area contributed by atoms with Crippen LogP contribution in [0.1, 0.15) is 18.4 Å². The molecule has 0 aliphatic carbocycles. The molecule has 1 heterocycles. The van der Waals surface area contributed by atoms with E-state index >= 15 is 0 Å². The first-order valence-electron chi connectivity index (χ1n) is 9.66. The van der Waals surface area contributed by atoms with E-state index in [-0.39, 0.29) is 18.6 Å². The van der Waals surface area contributed by atoms with Crippen LogP contribution in [0.15, 0.2) is 42.5 Å². The molecule has 1 aliphatic rings. The van der Waals surface area contributed by atoms with Crippen LogP contribution in [0.5, 0.6) is 5.75 Å². The zero-order valence-corrected chi connectivity index (χ0v) is 18.2. The third-order valence-corrected chi connectivity index (χ3v) is 5.40. The topological polar surface area (TPSA) is 42.0 Å². The number of halogens is 2. The molecule has 0 N–H and O–H groups in total. The van der Waals surface area contributed by atoms with E-state index < -0.39 is 0 Å². The Morgan fingerprint density at radius 3 is 2.55 bits per heavy atom. The molecule has 1 fully saturated rings. The predicted molar refractivity (Wildman–Crippen MR) is 117 cm³/mol. The van der Waals surface area contributed by atoms with Gasteiger partial charge in [-0.05, 0) is 48.7 Å². The first-order valence-corrected chi connectivity index (χ1v) is 10.4. The van der Waals surface area contributed by atoms with Gasteiger partial charge in [-0.2, -0.15) is 0 Å². The van der Waals surface area contributed by atoms with Crippen molar-refractivity contribution < 1.29 is 14.3 Å². The molecular weight excluding hydrogens is 411 g/mol. The van der Waals surface area contributed by atoms with Crippen molar-refractivity contribution in [2.24, 2.45) is 0 Å². The lowest BCUT2D eigenvalue weighted by Crippen LogP contribution is -2.39. The second-order valence-electron chi connectivity index (χ2n) is 7.33. The van der Waals surface area contributed by atoms with Gasteiger partial charge in [0, 0.05) is 44.5 Å². The number of anilines is 1. The molecule has 1 aliphatic heterocycles. The second kappa shape index (κ2) is 10.2. The van der Waals surface area contributed by atoms with Crippen LogP contribution >= 0.6 is 23.2 Å². The van der Waals surface area contributed by atoms with Crippen molar-refractivity contribution in [2.45, 2.75) is 25.5 Å². The highest BCUT2D eigenvalue weighted by Crippen LogP contribution is 2.27. The quantitative estimate of drug-likeness (QED) is 0.603. The van der Waals surface area contributed by atoms with Crippen molar-refractivity contribution in [1.82, 2.24) is 4.90 Å². The zero-order valence-electron chi connectivity index (χ0n) is 16.7. The number of hydrogen-bond acceptors (Lipinski definition) is 4. The summed E-state index contributed by atoms with van der Waals surface area (Å²) < 4.78 is 11.4. The molecule has 0 unspecified atom stereocenters. The van der Waals surface area contributed by atoms with E-state index in [1.165, 1.54) is 0 Å². The van der Waals surface area contributed by atoms with Crippen LogP contribution in [0, 0.1) is 0 Å². The number of nitrogens with zero attached hydrogens (tertiary/aromatic N) is 2. The van der Waals surface area contributed by atoms with Gasteiger partial charge in [-0.1, -0.05) is 35.3 Å². The molecule has 7 heteroatoms. The highest BCUT2D eigenvalue weighted by molar-refractivity contribution is 6.35. The minimum atomic E-state index is -0.108. The van der Waals surface area contributed by atoms with Gasteiger partial charge in [-0.25, -0.2) is 0 Å². The summed E-state index contributed by atoms with van der Waals surface area (Å²) in [7, 11) is 4.00. The van der Waals surface area contributed by atoms with Gasteiger partial charge in [0.25, 0.3) is 5.91 Å². The zero-order chi connectivity index (χ0) is 20.8. The summed E-state index contributed by atoms with van der Waals surface area (Å²) >= 11 is 12.1. The fourth-order valence-electron chi connectivity index (χ4n) is 3.23. The molecule has 1 amide bonds. The van der Waals surface area contributed by atoms with Gasteiger partial charge in [0.05, 0.1) is 11.1 Å². The van der Waals surface area contributed by atoms with E-state index in [4.69, 9.17) is 32.7 Å². The van der Waals surface area contributed by atoms with Gasteiger partial charge in [0.2, 0.25) is 0 Å². The number of benzene rings is 2. The minimum absolute atomic E-state index is 0.0686. The highest BCUT2D eigenvalue weighted by Gasteiger charge is 2.23. The number of carbonyl (C=O) groups excluding carboxylic acids is 1. The van der Waals surface area contributed by atoms with Crippen LogP contribution < -0.4 is 9.64 Å². The molecule has 2 aromatic carbocycles. The lowest BCUT2D eigenvalue weighted by molar-refractivity contribution is -0.135. The Bertz CT molecular complexity index is 821. The van der Waals surface area contributed by atoms with E-state index in [2.05, 4.69) is 0 Å². The lowest BCUT2D eigenvalue weighted by Gasteiger charge is -2.26. The average molecular weight is 437 g/mol. The third-order valence-electron chi connectivity index (χ3n) is 4.87. The number of amides is 1. The number of hydrogen-bond donors (Lipinski definition) is 0. The van der Waals surface area contributed by atoms with Crippen molar-refractivity contribution in [3.63, 3.8) is 0 Å². The van der Waals surface area contributed by atoms with E-state index in [0.29, 0.717) is 28.9 Å². The number of ether oxygens (including phenoxy) is 2. The second-order valence-corrected chi connectivity index (χ2v) is 8.18. The standard InChI is InChI=1S/C22H26Cl2N2O3/c1-25(2)18-8-5-16(6-9-18)13-26(14-19-4-3-11-28-19)22(27)15-29-21-10-7-17(23)12-20(21)24/h5-10,12,19H,3-4,11,13-15H2,1-2H3/t19-/m1/s1. The van der Waals surface area contributed by atoms with Crippen LogP contribution in [0.3, 0.4) is 0 Å². The van der Waals surface area contributed by atoms with Crippen molar-refractivity contribution in [3.05, 3.63) is 58.1 Å². The maximum absolute atomic E-state index is 12.9. The molecule has 0 saturated carbocycles. The normalized spacial score (nSPS) is 15.9. The molecule has 3 rings (SSSR count). The Morgan fingerprint density at radius 2 is 1.93 bits per heavy atom. The van der Waals surface area contributed by atoms with Gasteiger partial charge in [-0.3, -0.25) is 4.79 Å². The molecule has 156 valence electrons. The Balaban J connectivity index is 1.67. The smallest absolute Gasteiger partial charge is 0.260 e. The molecule has 1 atom stereocenters. The third kappa shape index (κ3) is 6.26. The summed E-state index contributed by atoms with van der Waals surface area (Å²) in [6, 6.07) is 13.1. The van der Waals surface area contributed by atoms with Crippen LogP contribution in [-0.4, -0.2) is 50.8 Å². The van der Waals surface area contributed by atoms with Crippen molar-refractivity contribution >= 4 is 34.8 Å². The minimum Gasteiger partial charge on any atom is -0.482 e. The maximum Gasteiger partial charge on any atom is 0.260 e. The molecule has 0 radical (unpaired) electrons. The Hall–Kier alpha value is -1.95. The van der Waals surface area contributed by atoms with E-state index in [1.807, 2.05) is 43.3 Å². The molecule has 2 aromatic rings. The number of rotatable bonds is 8. The molecular formula is C22H26Cl2N2O3. The van der Waals surface area contributed by atoms with E-state index in [1.54, 1.807) is 23.1 Å². The van der Waals surface area contributed by atoms with Gasteiger partial charge in [0.15, 0.2) is 6.61 Å². The lowest BCUT2D eigenvalue weighted by atomic mass is 10.1. The van der Waals surface area contributed by atoms with Gasteiger partial charge in [0.1, 0.15) is 5.75 Å². The van der Waals surface area contributed by atoms with Crippen molar-refractivity contribution in [1.29, 1.82) is 0 Å². The van der Waals surface area contributed by atoms with Crippen LogP contribution in [-0.2, 0) is 16.1 Å². The van der Waals surface area contributed by atoms with Crippen LogP contribution in [0.4, 0.5) is 5.69 Å². The summed E-state index contributed by atoms with van der Waals surface area (Å²) in [5.74, 6) is 0.333. The van der Waals surface area contributed by atoms with Gasteiger partial charge < -0.3 is 19.3 Å². The first-order chi connectivity index (χ1) is 13.9. The Morgan fingerprint density at radius 1 is 1.17 bits per heavy atom. The monoisotopic (exact) mass is 436 g/mol. The molecule has 0 spiro atoms. The Kier molecular flexibility index (Phi) is 7.64. The summed E-state index contributed by atoms with van der Waals surface area (Å²) in [6.07, 6.45) is 2.06. The molecule has 1 saturated heterocycles. The predicted octanol–water partition coefficient (Wildman–Crippen LogP) is 4.65. The fraction of sp³-hybridized carbons (Fsp3) is 0.409. The van der Waals surface area contributed by atoms with Crippen LogP contribution in [0.2, 0.25) is 10.0 Å². The average Bonchev–Trinajstić information content (AvgIpc) is 3.20. The maximum atomic E-state index is 12.9. The summed E-state index contributed by atoms with van der Waals surface area (Å²) in [5, 5.41) is 0.908.